The molecule has 1 aromatic heterocycles. The molecule has 0 saturated heterocycles. The molecule has 0 saturated carbocycles. The van der Waals surface area contributed by atoms with Gasteiger partial charge in [0.25, 0.3) is 5.56 Å². The van der Waals surface area contributed by atoms with Crippen LogP contribution in [0.15, 0.2) is 29.1 Å². The fourth-order valence-electron chi connectivity index (χ4n) is 2.18. The van der Waals surface area contributed by atoms with Gasteiger partial charge in [-0.1, -0.05) is 38.5 Å². The molecule has 3 heteroatoms. The van der Waals surface area contributed by atoms with E-state index < -0.39 is 0 Å². The molecule has 96 valence electrons. The van der Waals surface area contributed by atoms with Gasteiger partial charge >= 0.3 is 0 Å². The van der Waals surface area contributed by atoms with Gasteiger partial charge < -0.3 is 0 Å². The van der Waals surface area contributed by atoms with Crippen molar-refractivity contribution in [1.82, 2.24) is 9.78 Å². The molecule has 0 amide bonds. The Hall–Kier alpha value is -1.77. The smallest absolute Gasteiger partial charge is 0.274 e. The van der Waals surface area contributed by atoms with E-state index in [1.165, 1.54) is 5.56 Å². The van der Waals surface area contributed by atoms with Crippen molar-refractivity contribution in [3.63, 3.8) is 0 Å². The van der Waals surface area contributed by atoms with Gasteiger partial charge in [-0.2, -0.15) is 0 Å². The lowest BCUT2D eigenvalue weighted by Crippen LogP contribution is -2.16. The van der Waals surface area contributed by atoms with E-state index in [1.54, 1.807) is 4.68 Å². The van der Waals surface area contributed by atoms with Crippen molar-refractivity contribution in [3.8, 4) is 5.69 Å². The fraction of sp³-hybridized carbons (Fsp3) is 0.400. The number of nitrogens with one attached hydrogen (secondary N) is 1. The summed E-state index contributed by atoms with van der Waals surface area (Å²) in [5, 5.41) is 3.24. The number of nitrogens with zero attached hydrogens (tertiary/aromatic N) is 1. The molecule has 0 atom stereocenters. The monoisotopic (exact) mass is 244 g/mol. The molecule has 0 aliphatic heterocycles. The highest BCUT2D eigenvalue weighted by Gasteiger charge is 2.15. The Labute approximate surface area is 107 Å². The molecule has 2 rings (SSSR count). The number of H-pyrrole nitrogens is 1. The number of rotatable bonds is 3. The second kappa shape index (κ2) is 4.84. The molecular weight excluding hydrogens is 224 g/mol. The Morgan fingerprint density at radius 2 is 1.83 bits per heavy atom. The summed E-state index contributed by atoms with van der Waals surface area (Å²) in [6.07, 6.45) is 0.766. The van der Waals surface area contributed by atoms with E-state index in [0.717, 1.165) is 23.4 Å². The normalized spacial score (nSPS) is 11.2. The lowest BCUT2D eigenvalue weighted by Gasteiger charge is -2.04. The maximum atomic E-state index is 12.3. The summed E-state index contributed by atoms with van der Waals surface area (Å²) in [4.78, 5) is 12.3. The summed E-state index contributed by atoms with van der Waals surface area (Å²) in [7, 11) is 0. The molecule has 0 unspecified atom stereocenters. The first-order valence-corrected chi connectivity index (χ1v) is 6.45. The average Bonchev–Trinajstić information content (AvgIpc) is 2.67. The molecule has 18 heavy (non-hydrogen) atoms. The second-order valence-corrected chi connectivity index (χ2v) is 4.99. The first-order valence-electron chi connectivity index (χ1n) is 6.45. The summed E-state index contributed by atoms with van der Waals surface area (Å²) in [5.74, 6) is 0.333. The summed E-state index contributed by atoms with van der Waals surface area (Å²) in [6.45, 7) is 8.27. The Balaban J connectivity index is 2.59. The highest BCUT2D eigenvalue weighted by atomic mass is 16.1. The van der Waals surface area contributed by atoms with Gasteiger partial charge in [0.1, 0.15) is 0 Å². The summed E-state index contributed by atoms with van der Waals surface area (Å²) in [6, 6.07) is 7.97. The second-order valence-electron chi connectivity index (χ2n) is 4.99. The molecule has 0 aliphatic carbocycles. The van der Waals surface area contributed by atoms with Crippen LogP contribution in [-0.2, 0) is 6.42 Å². The van der Waals surface area contributed by atoms with Crippen LogP contribution >= 0.6 is 0 Å². The van der Waals surface area contributed by atoms with Crippen molar-refractivity contribution in [2.45, 2.75) is 40.0 Å². The molecule has 0 spiro atoms. The lowest BCUT2D eigenvalue weighted by atomic mass is 10.0. The zero-order valence-electron chi connectivity index (χ0n) is 11.4. The topological polar surface area (TPSA) is 37.8 Å². The quantitative estimate of drug-likeness (QED) is 0.884. The Kier molecular flexibility index (Phi) is 3.41. The van der Waals surface area contributed by atoms with E-state index >= 15 is 0 Å². The van der Waals surface area contributed by atoms with Gasteiger partial charge in [-0.25, -0.2) is 4.68 Å². The average molecular weight is 244 g/mol. The molecular formula is C15H20N2O. The van der Waals surface area contributed by atoms with Crippen LogP contribution in [0.1, 0.15) is 43.5 Å². The van der Waals surface area contributed by atoms with E-state index in [4.69, 9.17) is 0 Å². The fourth-order valence-corrected chi connectivity index (χ4v) is 2.18. The zero-order chi connectivity index (χ0) is 13.3. The summed E-state index contributed by atoms with van der Waals surface area (Å²) in [5.41, 5.74) is 4.10. The third-order valence-electron chi connectivity index (χ3n) is 3.24. The molecule has 1 N–H and O–H groups in total. The van der Waals surface area contributed by atoms with E-state index in [9.17, 15) is 4.79 Å². The Morgan fingerprint density at radius 3 is 2.28 bits per heavy atom. The number of benzene rings is 1. The minimum Gasteiger partial charge on any atom is -0.294 e. The van der Waals surface area contributed by atoms with Gasteiger partial charge in [-0.05, 0) is 31.4 Å². The van der Waals surface area contributed by atoms with Crippen LogP contribution in [0.2, 0.25) is 0 Å². The first-order chi connectivity index (χ1) is 8.54. The molecule has 3 nitrogen and oxygen atoms in total. The molecule has 0 bridgehead atoms. The minimum absolute atomic E-state index is 0.0741. The molecule has 1 aromatic carbocycles. The number of hydrogen-bond acceptors (Lipinski definition) is 1. The van der Waals surface area contributed by atoms with Gasteiger partial charge in [0, 0.05) is 11.3 Å². The highest BCUT2D eigenvalue weighted by Crippen LogP contribution is 2.16. The van der Waals surface area contributed by atoms with Gasteiger partial charge in [0.2, 0.25) is 0 Å². The van der Waals surface area contributed by atoms with E-state index in [-0.39, 0.29) is 5.56 Å². The molecule has 0 radical (unpaired) electrons. The van der Waals surface area contributed by atoms with Crippen molar-refractivity contribution in [1.29, 1.82) is 0 Å². The van der Waals surface area contributed by atoms with Crippen LogP contribution < -0.4 is 5.56 Å². The number of aromatic amines is 1. The number of aromatic nitrogens is 2. The van der Waals surface area contributed by atoms with E-state index in [2.05, 4.69) is 18.9 Å². The largest absolute Gasteiger partial charge is 0.294 e. The molecule has 0 fully saturated rings. The first kappa shape index (κ1) is 12.7. The Morgan fingerprint density at radius 1 is 1.22 bits per heavy atom. The molecule has 0 aliphatic rings. The van der Waals surface area contributed by atoms with Gasteiger partial charge in [-0.15, -0.1) is 0 Å². The van der Waals surface area contributed by atoms with Gasteiger partial charge in [-0.3, -0.25) is 9.89 Å². The number of hydrogen-bond donors (Lipinski definition) is 1. The number of aryl methyl sites for hydroxylation is 1. The van der Waals surface area contributed by atoms with Gasteiger partial charge in [0.05, 0.1) is 5.69 Å². The predicted octanol–water partition coefficient (Wildman–Crippen LogP) is 3.16. The van der Waals surface area contributed by atoms with Crippen LogP contribution in [0.4, 0.5) is 0 Å². The van der Waals surface area contributed by atoms with Crippen molar-refractivity contribution in [3.05, 3.63) is 51.4 Å². The van der Waals surface area contributed by atoms with Crippen molar-refractivity contribution < 1.29 is 0 Å². The van der Waals surface area contributed by atoms with E-state index in [0.29, 0.717) is 5.92 Å². The highest BCUT2D eigenvalue weighted by molar-refractivity contribution is 5.35. The Bertz CT molecular complexity index is 588. The third kappa shape index (κ3) is 2.13. The third-order valence-corrected chi connectivity index (χ3v) is 3.24. The lowest BCUT2D eigenvalue weighted by molar-refractivity contribution is 0.757. The van der Waals surface area contributed by atoms with Crippen LogP contribution in [0.3, 0.4) is 0 Å². The maximum absolute atomic E-state index is 12.3. The van der Waals surface area contributed by atoms with Crippen molar-refractivity contribution in [2.24, 2.45) is 0 Å². The maximum Gasteiger partial charge on any atom is 0.274 e. The van der Waals surface area contributed by atoms with Crippen LogP contribution in [-0.4, -0.2) is 9.78 Å². The SMILES string of the molecule is CCc1c(C(C)C)[nH]n(-c2ccc(C)cc2)c1=O. The van der Waals surface area contributed by atoms with E-state index in [1.807, 2.05) is 38.1 Å². The molecule has 2 aromatic rings. The standard InChI is InChI=1S/C15H20N2O/c1-5-13-14(10(2)3)16-17(15(13)18)12-8-6-11(4)7-9-12/h6-10,16H,5H2,1-4H3. The predicted molar refractivity (Wildman–Crippen MR) is 74.6 cm³/mol. The van der Waals surface area contributed by atoms with Crippen LogP contribution in [0.5, 0.6) is 0 Å². The van der Waals surface area contributed by atoms with Crippen molar-refractivity contribution >= 4 is 0 Å². The van der Waals surface area contributed by atoms with Crippen LogP contribution in [0.25, 0.3) is 5.69 Å². The van der Waals surface area contributed by atoms with Crippen LogP contribution in [0, 0.1) is 6.92 Å². The summed E-state index contributed by atoms with van der Waals surface area (Å²) < 4.78 is 1.65. The van der Waals surface area contributed by atoms with Gasteiger partial charge in [0.15, 0.2) is 0 Å². The molecule has 1 heterocycles. The zero-order valence-corrected chi connectivity index (χ0v) is 11.4. The van der Waals surface area contributed by atoms with Crippen molar-refractivity contribution in [2.75, 3.05) is 0 Å². The minimum atomic E-state index is 0.0741. The summed E-state index contributed by atoms with van der Waals surface area (Å²) >= 11 is 0.